The summed E-state index contributed by atoms with van der Waals surface area (Å²) < 4.78 is 10.6. The molecule has 148 valence electrons. The number of nitrogens with zero attached hydrogens (tertiary/aromatic N) is 1. The molecule has 0 spiro atoms. The van der Waals surface area contributed by atoms with Gasteiger partial charge in [0, 0.05) is 36.1 Å². The van der Waals surface area contributed by atoms with Gasteiger partial charge in [-0.1, -0.05) is 6.42 Å². The Morgan fingerprint density at radius 3 is 2.61 bits per heavy atom. The fourth-order valence-corrected chi connectivity index (χ4v) is 3.54. The third kappa shape index (κ3) is 4.60. The first-order valence-corrected chi connectivity index (χ1v) is 9.32. The summed E-state index contributed by atoms with van der Waals surface area (Å²) in [6.07, 6.45) is 5.60. The summed E-state index contributed by atoms with van der Waals surface area (Å²) in [6, 6.07) is 8.62. The molecule has 0 aliphatic heterocycles. The molecule has 7 heteroatoms. The second-order valence-electron chi connectivity index (χ2n) is 6.75. The summed E-state index contributed by atoms with van der Waals surface area (Å²) in [4.78, 5) is 29.1. The molecular weight excluding hydrogens is 358 g/mol. The zero-order valence-electron chi connectivity index (χ0n) is 16.1. The molecule has 1 saturated carbocycles. The van der Waals surface area contributed by atoms with E-state index in [4.69, 9.17) is 9.47 Å². The fraction of sp³-hybridized carbons (Fsp3) is 0.381. The number of pyridine rings is 1. The number of ether oxygens (including phenoxy) is 2. The Labute approximate surface area is 164 Å². The summed E-state index contributed by atoms with van der Waals surface area (Å²) in [5.74, 6) is 0.898. The van der Waals surface area contributed by atoms with E-state index in [1.165, 1.54) is 0 Å². The van der Waals surface area contributed by atoms with E-state index < -0.39 is 0 Å². The number of rotatable bonds is 7. The highest BCUT2D eigenvalue weighted by Gasteiger charge is 2.34. The van der Waals surface area contributed by atoms with Crippen LogP contribution in [0.4, 0.5) is 0 Å². The molecule has 2 N–H and O–H groups in total. The number of hydrogen-bond donors (Lipinski definition) is 2. The fourth-order valence-electron chi connectivity index (χ4n) is 3.54. The van der Waals surface area contributed by atoms with Gasteiger partial charge in [-0.2, -0.15) is 0 Å². The average molecular weight is 383 g/mol. The molecule has 2 amide bonds. The van der Waals surface area contributed by atoms with Crippen molar-refractivity contribution in [2.45, 2.75) is 31.8 Å². The zero-order valence-corrected chi connectivity index (χ0v) is 16.1. The summed E-state index contributed by atoms with van der Waals surface area (Å²) >= 11 is 0. The predicted molar refractivity (Wildman–Crippen MR) is 104 cm³/mol. The van der Waals surface area contributed by atoms with Crippen molar-refractivity contribution >= 4 is 11.8 Å². The molecule has 3 rings (SSSR count). The summed E-state index contributed by atoms with van der Waals surface area (Å²) in [5.41, 5.74) is 1.38. The van der Waals surface area contributed by atoms with Crippen molar-refractivity contribution in [3.8, 4) is 11.5 Å². The number of carbonyl (C=O) groups excluding carboxylic acids is 2. The first kappa shape index (κ1) is 19.7. The van der Waals surface area contributed by atoms with Crippen molar-refractivity contribution in [1.29, 1.82) is 0 Å². The quantitative estimate of drug-likeness (QED) is 0.766. The number of carbonyl (C=O) groups is 2. The second-order valence-corrected chi connectivity index (χ2v) is 6.75. The van der Waals surface area contributed by atoms with Crippen LogP contribution in [0, 0.1) is 5.92 Å². The van der Waals surface area contributed by atoms with E-state index in [0.717, 1.165) is 24.8 Å². The van der Waals surface area contributed by atoms with Crippen molar-refractivity contribution in [2.75, 3.05) is 14.2 Å². The average Bonchev–Trinajstić information content (AvgIpc) is 3.20. The van der Waals surface area contributed by atoms with Crippen LogP contribution in [0.1, 0.15) is 35.2 Å². The molecule has 1 fully saturated rings. The smallest absolute Gasteiger partial charge is 0.251 e. The molecular formula is C21H25N3O4. The lowest BCUT2D eigenvalue weighted by molar-refractivity contribution is -0.125. The van der Waals surface area contributed by atoms with E-state index in [0.29, 0.717) is 23.6 Å². The molecule has 2 aromatic rings. The van der Waals surface area contributed by atoms with E-state index in [2.05, 4.69) is 15.6 Å². The summed E-state index contributed by atoms with van der Waals surface area (Å²) in [5, 5.41) is 5.97. The van der Waals surface area contributed by atoms with Gasteiger partial charge in [0.1, 0.15) is 11.5 Å². The van der Waals surface area contributed by atoms with Gasteiger partial charge in [0.25, 0.3) is 5.91 Å². The lowest BCUT2D eigenvalue weighted by atomic mass is 10.0. The molecule has 0 radical (unpaired) electrons. The number of amides is 2. The maximum absolute atomic E-state index is 12.8. The van der Waals surface area contributed by atoms with Crippen molar-refractivity contribution in [1.82, 2.24) is 15.6 Å². The molecule has 2 unspecified atom stereocenters. The van der Waals surface area contributed by atoms with Gasteiger partial charge in [0.15, 0.2) is 0 Å². The van der Waals surface area contributed by atoms with Crippen LogP contribution in [-0.4, -0.2) is 37.1 Å². The van der Waals surface area contributed by atoms with Gasteiger partial charge in [-0.25, -0.2) is 0 Å². The monoisotopic (exact) mass is 383 g/mol. The molecule has 7 nitrogen and oxygen atoms in total. The number of methoxy groups -OCH3 is 2. The van der Waals surface area contributed by atoms with Gasteiger partial charge in [0.2, 0.25) is 5.91 Å². The molecule has 1 heterocycles. The Bertz CT molecular complexity index is 826. The van der Waals surface area contributed by atoms with Crippen LogP contribution in [0.3, 0.4) is 0 Å². The Hall–Kier alpha value is -3.09. The lowest BCUT2D eigenvalue weighted by Gasteiger charge is -2.21. The molecule has 0 saturated heterocycles. The van der Waals surface area contributed by atoms with E-state index in [9.17, 15) is 9.59 Å². The standard InChI is InChI=1S/C21H25N3O4/c1-27-16-6-7-19(28-2)15(12-16)13-23-21(26)17-4-3-5-18(17)24-20(25)14-8-10-22-11-9-14/h6-12,17-18H,3-5,13H2,1-2H3,(H,23,26)(H,24,25). The van der Waals surface area contributed by atoms with Crippen LogP contribution < -0.4 is 20.1 Å². The maximum atomic E-state index is 12.8. The van der Waals surface area contributed by atoms with Gasteiger partial charge in [-0.3, -0.25) is 14.6 Å². The minimum absolute atomic E-state index is 0.0672. The first-order valence-electron chi connectivity index (χ1n) is 9.32. The van der Waals surface area contributed by atoms with Crippen LogP contribution in [0.25, 0.3) is 0 Å². The molecule has 2 atom stereocenters. The Balaban J connectivity index is 1.61. The van der Waals surface area contributed by atoms with Gasteiger partial charge in [-0.05, 0) is 43.2 Å². The number of benzene rings is 1. The third-order valence-corrected chi connectivity index (χ3v) is 5.05. The minimum Gasteiger partial charge on any atom is -0.497 e. The first-order chi connectivity index (χ1) is 13.6. The van der Waals surface area contributed by atoms with Crippen LogP contribution >= 0.6 is 0 Å². The Kier molecular flexibility index (Phi) is 6.47. The molecule has 0 bridgehead atoms. The van der Waals surface area contributed by atoms with E-state index >= 15 is 0 Å². The molecule has 28 heavy (non-hydrogen) atoms. The van der Waals surface area contributed by atoms with Crippen molar-refractivity contribution in [3.05, 3.63) is 53.9 Å². The van der Waals surface area contributed by atoms with Gasteiger partial charge < -0.3 is 20.1 Å². The highest BCUT2D eigenvalue weighted by Crippen LogP contribution is 2.27. The van der Waals surface area contributed by atoms with Gasteiger partial charge >= 0.3 is 0 Å². The number of aromatic nitrogens is 1. The topological polar surface area (TPSA) is 89.5 Å². The highest BCUT2D eigenvalue weighted by atomic mass is 16.5. The summed E-state index contributed by atoms with van der Waals surface area (Å²) in [6.45, 7) is 0.334. The van der Waals surface area contributed by atoms with E-state index in [1.807, 2.05) is 18.2 Å². The van der Waals surface area contributed by atoms with Crippen molar-refractivity contribution in [3.63, 3.8) is 0 Å². The van der Waals surface area contributed by atoms with E-state index in [1.54, 1.807) is 38.7 Å². The van der Waals surface area contributed by atoms with Crippen LogP contribution in [-0.2, 0) is 11.3 Å². The number of nitrogens with one attached hydrogen (secondary N) is 2. The maximum Gasteiger partial charge on any atom is 0.251 e. The van der Waals surface area contributed by atoms with Crippen LogP contribution in [0.5, 0.6) is 11.5 Å². The normalized spacial score (nSPS) is 18.4. The summed E-state index contributed by atoms with van der Waals surface area (Å²) in [7, 11) is 3.19. The van der Waals surface area contributed by atoms with Crippen molar-refractivity contribution in [2.24, 2.45) is 5.92 Å². The number of hydrogen-bond acceptors (Lipinski definition) is 5. The van der Waals surface area contributed by atoms with Gasteiger partial charge in [-0.15, -0.1) is 0 Å². The molecule has 1 aliphatic carbocycles. The molecule has 1 aromatic heterocycles. The third-order valence-electron chi connectivity index (χ3n) is 5.05. The van der Waals surface area contributed by atoms with Crippen molar-refractivity contribution < 1.29 is 19.1 Å². The zero-order chi connectivity index (χ0) is 19.9. The predicted octanol–water partition coefficient (Wildman–Crippen LogP) is 2.31. The molecule has 1 aromatic carbocycles. The van der Waals surface area contributed by atoms with Crippen LogP contribution in [0.15, 0.2) is 42.7 Å². The molecule has 1 aliphatic rings. The SMILES string of the molecule is COc1ccc(OC)c(CNC(=O)C2CCCC2NC(=O)c2ccncc2)c1. The van der Waals surface area contributed by atoms with E-state index in [-0.39, 0.29) is 23.8 Å². The minimum atomic E-state index is -0.248. The Morgan fingerprint density at radius 1 is 1.11 bits per heavy atom. The highest BCUT2D eigenvalue weighted by molar-refractivity contribution is 5.94. The Morgan fingerprint density at radius 2 is 1.89 bits per heavy atom. The largest absolute Gasteiger partial charge is 0.497 e. The second kappa shape index (κ2) is 9.21. The van der Waals surface area contributed by atoms with Crippen LogP contribution in [0.2, 0.25) is 0 Å². The lowest BCUT2D eigenvalue weighted by Crippen LogP contribution is -2.43. The van der Waals surface area contributed by atoms with Gasteiger partial charge in [0.05, 0.1) is 20.1 Å².